The Hall–Kier alpha value is -2.34. The van der Waals surface area contributed by atoms with Crippen LogP contribution in [0.3, 0.4) is 0 Å². The number of aryl methyl sites for hydroxylation is 1. The van der Waals surface area contributed by atoms with Crippen molar-refractivity contribution in [2.45, 2.75) is 32.4 Å². The number of carbonyl (C=O) groups excluding carboxylic acids is 1. The SMILES string of the molecule is COc1cccc([C@@H](CNC(=O)Cn2cc(C)cn2)N2CCCC2)c1. The molecule has 2 aromatic rings. The first-order valence-electron chi connectivity index (χ1n) is 8.79. The van der Waals surface area contributed by atoms with E-state index in [1.54, 1.807) is 18.0 Å². The highest BCUT2D eigenvalue weighted by molar-refractivity contribution is 5.75. The molecule has 1 amide bonds. The molecule has 134 valence electrons. The second-order valence-electron chi connectivity index (χ2n) is 6.55. The van der Waals surface area contributed by atoms with E-state index in [-0.39, 0.29) is 18.5 Å². The predicted octanol–water partition coefficient (Wildman–Crippen LogP) is 2.15. The number of benzene rings is 1. The summed E-state index contributed by atoms with van der Waals surface area (Å²) in [6.07, 6.45) is 6.05. The summed E-state index contributed by atoms with van der Waals surface area (Å²) in [6, 6.07) is 8.29. The number of nitrogens with zero attached hydrogens (tertiary/aromatic N) is 3. The fraction of sp³-hybridized carbons (Fsp3) is 0.474. The first-order valence-corrected chi connectivity index (χ1v) is 8.79. The summed E-state index contributed by atoms with van der Waals surface area (Å²) in [5.74, 6) is 0.829. The second-order valence-corrected chi connectivity index (χ2v) is 6.55. The van der Waals surface area contributed by atoms with Gasteiger partial charge in [0.1, 0.15) is 12.3 Å². The maximum Gasteiger partial charge on any atom is 0.241 e. The van der Waals surface area contributed by atoms with Gasteiger partial charge in [-0.2, -0.15) is 5.10 Å². The Morgan fingerprint density at radius 2 is 2.16 bits per heavy atom. The third-order valence-corrected chi connectivity index (χ3v) is 4.62. The molecule has 25 heavy (non-hydrogen) atoms. The van der Waals surface area contributed by atoms with Crippen molar-refractivity contribution in [3.63, 3.8) is 0 Å². The molecule has 1 aliphatic rings. The highest BCUT2D eigenvalue weighted by Crippen LogP contribution is 2.27. The van der Waals surface area contributed by atoms with Gasteiger partial charge in [-0.1, -0.05) is 12.1 Å². The summed E-state index contributed by atoms with van der Waals surface area (Å²) in [5, 5.41) is 7.24. The smallest absolute Gasteiger partial charge is 0.241 e. The zero-order valence-electron chi connectivity index (χ0n) is 14.9. The van der Waals surface area contributed by atoms with Crippen molar-refractivity contribution in [2.24, 2.45) is 0 Å². The van der Waals surface area contributed by atoms with Gasteiger partial charge in [-0.3, -0.25) is 14.4 Å². The maximum absolute atomic E-state index is 12.3. The molecule has 1 fully saturated rings. The molecule has 6 heteroatoms. The summed E-state index contributed by atoms with van der Waals surface area (Å²) < 4.78 is 7.02. The van der Waals surface area contributed by atoms with Gasteiger partial charge < -0.3 is 10.1 Å². The lowest BCUT2D eigenvalue weighted by atomic mass is 10.0. The van der Waals surface area contributed by atoms with Gasteiger partial charge in [0.2, 0.25) is 5.91 Å². The first kappa shape index (κ1) is 17.5. The number of nitrogens with one attached hydrogen (secondary N) is 1. The largest absolute Gasteiger partial charge is 0.497 e. The summed E-state index contributed by atoms with van der Waals surface area (Å²) in [7, 11) is 1.68. The molecule has 1 N–H and O–H groups in total. The number of amides is 1. The number of hydrogen-bond donors (Lipinski definition) is 1. The van der Waals surface area contributed by atoms with Crippen LogP contribution >= 0.6 is 0 Å². The molecule has 0 unspecified atom stereocenters. The molecule has 6 nitrogen and oxygen atoms in total. The molecule has 1 saturated heterocycles. The van der Waals surface area contributed by atoms with Gasteiger partial charge in [0.05, 0.1) is 19.3 Å². The van der Waals surface area contributed by atoms with Crippen LogP contribution < -0.4 is 10.1 Å². The third kappa shape index (κ3) is 4.60. The van der Waals surface area contributed by atoms with E-state index in [0.717, 1.165) is 24.4 Å². The van der Waals surface area contributed by atoms with Crippen molar-refractivity contribution in [3.05, 3.63) is 47.8 Å². The molecule has 1 aromatic carbocycles. The Bertz CT molecular complexity index is 707. The number of rotatable bonds is 7. The molecule has 1 aromatic heterocycles. The molecule has 0 aliphatic carbocycles. The monoisotopic (exact) mass is 342 g/mol. The number of likely N-dealkylation sites (tertiary alicyclic amines) is 1. The maximum atomic E-state index is 12.3. The molecular formula is C19H26N4O2. The quantitative estimate of drug-likeness (QED) is 0.838. The molecular weight excluding hydrogens is 316 g/mol. The van der Waals surface area contributed by atoms with Crippen molar-refractivity contribution in [1.82, 2.24) is 20.0 Å². The molecule has 1 atom stereocenters. The normalized spacial score (nSPS) is 15.9. The predicted molar refractivity (Wildman–Crippen MR) is 96.5 cm³/mol. The Balaban J connectivity index is 1.66. The van der Waals surface area contributed by atoms with Gasteiger partial charge in [0, 0.05) is 12.7 Å². The van der Waals surface area contributed by atoms with Crippen LogP contribution in [-0.2, 0) is 11.3 Å². The van der Waals surface area contributed by atoms with Crippen molar-refractivity contribution in [2.75, 3.05) is 26.7 Å². The van der Waals surface area contributed by atoms with Crippen LogP contribution in [0.4, 0.5) is 0 Å². The summed E-state index contributed by atoms with van der Waals surface area (Å²) in [6.45, 7) is 4.94. The van der Waals surface area contributed by atoms with Crippen LogP contribution in [0.2, 0.25) is 0 Å². The zero-order valence-corrected chi connectivity index (χ0v) is 14.9. The molecule has 3 rings (SSSR count). The van der Waals surface area contributed by atoms with E-state index in [1.807, 2.05) is 25.3 Å². The molecule has 0 bridgehead atoms. The third-order valence-electron chi connectivity index (χ3n) is 4.62. The number of methoxy groups -OCH3 is 1. The molecule has 0 spiro atoms. The highest BCUT2D eigenvalue weighted by Gasteiger charge is 2.24. The van der Waals surface area contributed by atoms with Crippen LogP contribution in [0.5, 0.6) is 5.75 Å². The van der Waals surface area contributed by atoms with Crippen molar-refractivity contribution in [1.29, 1.82) is 0 Å². The average Bonchev–Trinajstić information content (AvgIpc) is 3.27. The van der Waals surface area contributed by atoms with Crippen LogP contribution in [0.1, 0.15) is 30.0 Å². The minimum absolute atomic E-state index is 0.0183. The van der Waals surface area contributed by atoms with Gasteiger partial charge in [0.25, 0.3) is 0 Å². The fourth-order valence-corrected chi connectivity index (χ4v) is 3.33. The fourth-order valence-electron chi connectivity index (χ4n) is 3.33. The van der Waals surface area contributed by atoms with Gasteiger partial charge in [-0.25, -0.2) is 0 Å². The Labute approximate surface area is 148 Å². The van der Waals surface area contributed by atoms with Gasteiger partial charge in [-0.15, -0.1) is 0 Å². The molecule has 1 aliphatic heterocycles. The zero-order chi connectivity index (χ0) is 17.6. The highest BCUT2D eigenvalue weighted by atomic mass is 16.5. The van der Waals surface area contributed by atoms with Gasteiger partial charge >= 0.3 is 0 Å². The van der Waals surface area contributed by atoms with Gasteiger partial charge in [0.15, 0.2) is 0 Å². The van der Waals surface area contributed by atoms with Crippen molar-refractivity contribution in [3.8, 4) is 5.75 Å². The topological polar surface area (TPSA) is 59.4 Å². The van der Waals surface area contributed by atoms with E-state index in [1.165, 1.54) is 18.4 Å². The average molecular weight is 342 g/mol. The molecule has 2 heterocycles. The lowest BCUT2D eigenvalue weighted by molar-refractivity contribution is -0.122. The van der Waals surface area contributed by atoms with Crippen LogP contribution in [0, 0.1) is 6.92 Å². The van der Waals surface area contributed by atoms with E-state index in [0.29, 0.717) is 6.54 Å². The summed E-state index contributed by atoms with van der Waals surface area (Å²) in [4.78, 5) is 14.7. The van der Waals surface area contributed by atoms with E-state index in [9.17, 15) is 4.79 Å². The Kier molecular flexibility index (Phi) is 5.71. The van der Waals surface area contributed by atoms with Crippen molar-refractivity contribution < 1.29 is 9.53 Å². The number of hydrogen-bond acceptors (Lipinski definition) is 4. The van der Waals surface area contributed by atoms with Crippen LogP contribution in [-0.4, -0.2) is 47.3 Å². The first-order chi connectivity index (χ1) is 12.2. The van der Waals surface area contributed by atoms with E-state index in [2.05, 4.69) is 27.4 Å². The van der Waals surface area contributed by atoms with Crippen LogP contribution in [0.15, 0.2) is 36.7 Å². The lowest BCUT2D eigenvalue weighted by Gasteiger charge is -2.28. The summed E-state index contributed by atoms with van der Waals surface area (Å²) >= 11 is 0. The van der Waals surface area contributed by atoms with Crippen molar-refractivity contribution >= 4 is 5.91 Å². The second kappa shape index (κ2) is 8.16. The van der Waals surface area contributed by atoms with E-state index in [4.69, 9.17) is 4.74 Å². The van der Waals surface area contributed by atoms with E-state index < -0.39 is 0 Å². The lowest BCUT2D eigenvalue weighted by Crippen LogP contribution is -2.38. The summed E-state index contributed by atoms with van der Waals surface area (Å²) in [5.41, 5.74) is 2.23. The molecule has 0 radical (unpaired) electrons. The van der Waals surface area contributed by atoms with E-state index >= 15 is 0 Å². The minimum Gasteiger partial charge on any atom is -0.497 e. The Morgan fingerprint density at radius 3 is 2.84 bits per heavy atom. The number of aromatic nitrogens is 2. The Morgan fingerprint density at radius 1 is 1.36 bits per heavy atom. The number of ether oxygens (including phenoxy) is 1. The number of carbonyl (C=O) groups is 1. The molecule has 0 saturated carbocycles. The standard InChI is InChI=1S/C19H26N4O2/c1-15-11-21-23(13-15)14-19(24)20-12-18(22-8-3-4-9-22)16-6-5-7-17(10-16)25-2/h5-7,10-11,13,18H,3-4,8-9,12,14H2,1-2H3,(H,20,24)/t18-/m1/s1. The van der Waals surface area contributed by atoms with Gasteiger partial charge in [-0.05, 0) is 56.1 Å². The van der Waals surface area contributed by atoms with Crippen LogP contribution in [0.25, 0.3) is 0 Å². The minimum atomic E-state index is -0.0183.